The zero-order chi connectivity index (χ0) is 26.4. The lowest BCUT2D eigenvalue weighted by Gasteiger charge is -2.34. The van der Waals surface area contributed by atoms with Crippen LogP contribution in [0.2, 0.25) is 0 Å². The second-order valence-corrected chi connectivity index (χ2v) is 11.6. The Hall–Kier alpha value is -2.31. The van der Waals surface area contributed by atoms with E-state index < -0.39 is 7.08 Å². The summed E-state index contributed by atoms with van der Waals surface area (Å²) in [6.45, 7) is 26.0. The van der Waals surface area contributed by atoms with Gasteiger partial charge >= 0.3 is 7.08 Å². The van der Waals surface area contributed by atoms with Crippen molar-refractivity contribution >= 4 is 7.08 Å². The van der Waals surface area contributed by atoms with Crippen molar-refractivity contribution in [1.82, 2.24) is 29.1 Å². The maximum Gasteiger partial charge on any atom is 0.326 e. The molecule has 0 saturated carbocycles. The van der Waals surface area contributed by atoms with Gasteiger partial charge in [0.2, 0.25) is 0 Å². The molecule has 3 aromatic heterocycles. The average molecular weight is 467 g/mol. The van der Waals surface area contributed by atoms with E-state index in [4.69, 9.17) is 15.3 Å². The van der Waals surface area contributed by atoms with Gasteiger partial charge in [0.05, 0.1) is 17.1 Å². The lowest BCUT2D eigenvalue weighted by molar-refractivity contribution is 0.646. The molecule has 3 aromatic rings. The third-order valence-corrected chi connectivity index (χ3v) is 6.56. The maximum absolute atomic E-state index is 10.4. The highest BCUT2D eigenvalue weighted by atomic mass is 15.5. The first-order valence-electron chi connectivity index (χ1n) is 13.7. The van der Waals surface area contributed by atoms with Crippen LogP contribution < -0.4 is 0 Å². The molecule has 0 aliphatic carbocycles. The van der Waals surface area contributed by atoms with E-state index in [1.165, 1.54) is 0 Å². The molecule has 0 fully saturated rings. The van der Waals surface area contributed by atoms with Gasteiger partial charge in [-0.25, -0.2) is 15.3 Å². The van der Waals surface area contributed by atoms with Crippen LogP contribution in [0.3, 0.4) is 0 Å². The first-order valence-corrected chi connectivity index (χ1v) is 13.1. The van der Waals surface area contributed by atoms with Crippen molar-refractivity contribution in [3.63, 3.8) is 0 Å². The second-order valence-electron chi connectivity index (χ2n) is 11.6. The van der Waals surface area contributed by atoms with E-state index in [0.29, 0.717) is 0 Å². The summed E-state index contributed by atoms with van der Waals surface area (Å²) >= 11 is 0. The number of rotatable bonds is 9. The van der Waals surface area contributed by atoms with Gasteiger partial charge in [-0.15, -0.1) is 1.34 Å². The SMILES string of the molecule is [2H][B-](n1nc(C(C)C)cc1C(C)C)(n1nc(C(C)C)cc1C(C)C)n1nc(C(C)C)cc1C(C)C. The Morgan fingerprint density at radius 3 is 0.912 bits per heavy atom. The van der Waals surface area contributed by atoms with E-state index in [0.717, 1.165) is 34.2 Å². The Kier molecular flexibility index (Phi) is 7.39. The molecule has 0 saturated heterocycles. The quantitative estimate of drug-likeness (QED) is 0.331. The highest BCUT2D eigenvalue weighted by molar-refractivity contribution is 6.53. The van der Waals surface area contributed by atoms with Crippen LogP contribution in [0.25, 0.3) is 0 Å². The van der Waals surface area contributed by atoms with E-state index in [9.17, 15) is 1.34 Å². The molecule has 0 aliphatic heterocycles. The molecule has 0 spiro atoms. The van der Waals surface area contributed by atoms with Crippen molar-refractivity contribution in [3.05, 3.63) is 52.4 Å². The van der Waals surface area contributed by atoms with E-state index in [-0.39, 0.29) is 35.5 Å². The zero-order valence-electron chi connectivity index (χ0n) is 24.5. The Morgan fingerprint density at radius 1 is 0.500 bits per heavy atom. The molecule has 0 N–H and O–H groups in total. The van der Waals surface area contributed by atoms with Gasteiger partial charge < -0.3 is 13.8 Å². The molecule has 34 heavy (non-hydrogen) atoms. The number of nitrogens with zero attached hydrogens (tertiary/aromatic N) is 6. The summed E-state index contributed by atoms with van der Waals surface area (Å²) in [6, 6.07) is 6.51. The van der Waals surface area contributed by atoms with Crippen molar-refractivity contribution in [1.29, 1.82) is 1.34 Å². The van der Waals surface area contributed by atoms with Gasteiger partial charge in [-0.3, -0.25) is 0 Å². The van der Waals surface area contributed by atoms with Gasteiger partial charge in [-0.2, -0.15) is 0 Å². The highest BCUT2D eigenvalue weighted by Gasteiger charge is 2.27. The Bertz CT molecular complexity index is 1010. The van der Waals surface area contributed by atoms with Crippen molar-refractivity contribution in [2.75, 3.05) is 0 Å². The van der Waals surface area contributed by atoms with Crippen LogP contribution >= 0.6 is 0 Å². The highest BCUT2D eigenvalue weighted by Crippen LogP contribution is 2.28. The second kappa shape index (κ2) is 10.1. The van der Waals surface area contributed by atoms with E-state index in [1.807, 2.05) is 13.8 Å². The van der Waals surface area contributed by atoms with E-state index in [2.05, 4.69) is 101 Å². The summed E-state index contributed by atoms with van der Waals surface area (Å²) in [5.74, 6) is 1.38. The summed E-state index contributed by atoms with van der Waals surface area (Å²) in [5.41, 5.74) is 6.11. The first kappa shape index (κ1) is 24.8. The average Bonchev–Trinajstić information content (AvgIpc) is 3.49. The van der Waals surface area contributed by atoms with Gasteiger partial charge in [0.25, 0.3) is 0 Å². The van der Waals surface area contributed by atoms with Crippen LogP contribution in [0.15, 0.2) is 18.2 Å². The summed E-state index contributed by atoms with van der Waals surface area (Å²) in [7, 11) is -2.46. The van der Waals surface area contributed by atoms with Gasteiger partial charge in [0.1, 0.15) is 0 Å². The van der Waals surface area contributed by atoms with Crippen LogP contribution in [-0.4, -0.2) is 37.5 Å². The molecule has 0 radical (unpaired) electrons. The monoisotopic (exact) mass is 466 g/mol. The lowest BCUT2D eigenvalue weighted by Crippen LogP contribution is -2.47. The van der Waals surface area contributed by atoms with Gasteiger partial charge in [-0.1, -0.05) is 83.1 Å². The molecule has 7 heteroatoms. The Morgan fingerprint density at radius 2 is 0.735 bits per heavy atom. The smallest absolute Gasteiger partial charge is 0.326 e. The molecular formula is C27H46BN6-. The topological polar surface area (TPSA) is 53.5 Å². The summed E-state index contributed by atoms with van der Waals surface area (Å²) in [4.78, 5) is 0. The molecular weight excluding hydrogens is 419 g/mol. The molecule has 0 bridgehead atoms. The normalized spacial score (nSPS) is 13.5. The molecule has 0 aliphatic rings. The van der Waals surface area contributed by atoms with Crippen LogP contribution in [0.5, 0.6) is 0 Å². The Balaban J connectivity index is 2.51. The predicted molar refractivity (Wildman–Crippen MR) is 145 cm³/mol. The van der Waals surface area contributed by atoms with Crippen LogP contribution in [0, 0.1) is 0 Å². The summed E-state index contributed by atoms with van der Waals surface area (Å²) < 4.78 is 16.2. The van der Waals surface area contributed by atoms with Crippen molar-refractivity contribution < 1.29 is 0 Å². The van der Waals surface area contributed by atoms with Crippen molar-refractivity contribution in [2.45, 2.75) is 119 Å². The fourth-order valence-electron chi connectivity index (χ4n) is 4.29. The minimum Gasteiger partial charge on any atom is -0.400 e. The van der Waals surface area contributed by atoms with Gasteiger partial charge in [0.15, 0.2) is 0 Å². The first-order chi connectivity index (χ1) is 16.2. The molecule has 6 nitrogen and oxygen atoms in total. The van der Waals surface area contributed by atoms with Gasteiger partial charge in [-0.05, 0) is 53.7 Å². The maximum atomic E-state index is 10.4. The lowest BCUT2D eigenvalue weighted by atomic mass is 9.89. The van der Waals surface area contributed by atoms with Crippen LogP contribution in [0.1, 0.15) is 153 Å². The van der Waals surface area contributed by atoms with Crippen molar-refractivity contribution in [2.24, 2.45) is 0 Å². The fraction of sp³-hybridized carbons (Fsp3) is 0.667. The molecule has 0 aromatic carbocycles. The minimum atomic E-state index is -2.46. The predicted octanol–water partition coefficient (Wildman–Crippen LogP) is 6.68. The third kappa shape index (κ3) is 5.03. The zero-order valence-corrected chi connectivity index (χ0v) is 23.5. The molecule has 0 unspecified atom stereocenters. The fourth-order valence-corrected chi connectivity index (χ4v) is 4.29. The van der Waals surface area contributed by atoms with E-state index in [1.54, 1.807) is 0 Å². The molecule has 188 valence electrons. The van der Waals surface area contributed by atoms with Crippen LogP contribution in [0.4, 0.5) is 0 Å². The standard InChI is InChI=1S/C27H46BN6/c1-16(2)22-13-25(19(7)8)32(29-22)28(33-26(20(9)10)14-23(30-33)17(3)4)34-27(21(11)12)15-24(31-34)18(5)6/h13-21,28H,1-12H3/q-1/i28D. The van der Waals surface area contributed by atoms with Crippen molar-refractivity contribution in [3.8, 4) is 0 Å². The summed E-state index contributed by atoms with van der Waals surface area (Å²) in [6.07, 6.45) is 0. The van der Waals surface area contributed by atoms with Crippen LogP contribution in [-0.2, 0) is 0 Å². The number of hydrogen-bond acceptors (Lipinski definition) is 3. The molecule has 3 heterocycles. The minimum absolute atomic E-state index is 0.201. The molecule has 3 rings (SSSR count). The largest absolute Gasteiger partial charge is 0.400 e. The molecule has 0 amide bonds. The number of hydrogen-bond donors (Lipinski definition) is 0. The number of aromatic nitrogens is 6. The summed E-state index contributed by atoms with van der Waals surface area (Å²) in [5, 5.41) is 15.3. The Labute approximate surface area is 208 Å². The third-order valence-electron chi connectivity index (χ3n) is 6.56. The van der Waals surface area contributed by atoms with E-state index >= 15 is 0 Å². The van der Waals surface area contributed by atoms with Gasteiger partial charge in [0, 0.05) is 17.1 Å². The molecule has 0 atom stereocenters.